The number of halogens is 2. The molecule has 0 spiro atoms. The highest BCUT2D eigenvalue weighted by molar-refractivity contribution is 6.30. The molecule has 0 saturated carbocycles. The van der Waals surface area contributed by atoms with Crippen molar-refractivity contribution in [2.24, 2.45) is 0 Å². The topological polar surface area (TPSA) is 117 Å². The number of nitrogens with zero attached hydrogens (tertiary/aromatic N) is 6. The van der Waals surface area contributed by atoms with Crippen LogP contribution in [0.15, 0.2) is 24.3 Å². The summed E-state index contributed by atoms with van der Waals surface area (Å²) < 4.78 is 24.2. The summed E-state index contributed by atoms with van der Waals surface area (Å²) in [6, 6.07) is 5.73. The molecule has 3 heterocycles. The minimum Gasteiger partial charge on any atom is -0.376 e. The first-order valence-corrected chi connectivity index (χ1v) is 9.91. The number of carbonyl (C=O) groups excluding carboxylic acids is 1. The normalized spacial score (nSPS) is 16.3. The Morgan fingerprint density at radius 2 is 2.19 bits per heavy atom. The van der Waals surface area contributed by atoms with Crippen molar-refractivity contribution in [3.8, 4) is 11.5 Å². The van der Waals surface area contributed by atoms with Gasteiger partial charge in [-0.15, -0.1) is 10.2 Å². The van der Waals surface area contributed by atoms with Crippen LogP contribution >= 0.6 is 11.6 Å². The second-order valence-corrected chi connectivity index (χ2v) is 7.26. The van der Waals surface area contributed by atoms with Gasteiger partial charge in [-0.05, 0) is 35.9 Å². The monoisotopic (exact) mass is 447 g/mol. The third kappa shape index (κ3) is 5.37. The fraction of sp³-hybridized carbons (Fsp3) is 0.368. The summed E-state index contributed by atoms with van der Waals surface area (Å²) in [7, 11) is 0. The molecule has 1 aromatic carbocycles. The molecule has 31 heavy (non-hydrogen) atoms. The SMILES string of the molecule is Cc1nc(C(=O)NCc2ccc(F)c(Cl)c2)cc(-c2nnn(C[C@H]3COCCO3)n2)n1. The minimum absolute atomic E-state index is 0.00809. The van der Waals surface area contributed by atoms with Gasteiger partial charge in [0.1, 0.15) is 29.1 Å². The molecule has 162 valence electrons. The maximum absolute atomic E-state index is 13.3. The van der Waals surface area contributed by atoms with Crippen LogP contribution in [0.25, 0.3) is 11.5 Å². The molecule has 0 unspecified atom stereocenters. The van der Waals surface area contributed by atoms with Crippen LogP contribution in [-0.2, 0) is 22.6 Å². The van der Waals surface area contributed by atoms with E-state index in [1.165, 1.54) is 23.0 Å². The zero-order chi connectivity index (χ0) is 21.8. The highest BCUT2D eigenvalue weighted by Gasteiger charge is 2.19. The van der Waals surface area contributed by atoms with Gasteiger partial charge in [-0.2, -0.15) is 4.80 Å². The predicted molar refractivity (Wildman–Crippen MR) is 107 cm³/mol. The van der Waals surface area contributed by atoms with E-state index in [2.05, 4.69) is 30.7 Å². The number of carbonyl (C=O) groups is 1. The van der Waals surface area contributed by atoms with E-state index in [0.29, 0.717) is 43.4 Å². The lowest BCUT2D eigenvalue weighted by molar-refractivity contribution is -0.0959. The highest BCUT2D eigenvalue weighted by atomic mass is 35.5. The predicted octanol–water partition coefficient (Wildman–Crippen LogP) is 1.58. The molecule has 3 aromatic rings. The number of rotatable bonds is 6. The van der Waals surface area contributed by atoms with Crippen molar-refractivity contribution in [1.29, 1.82) is 0 Å². The Bertz CT molecular complexity index is 1090. The number of ether oxygens (including phenoxy) is 2. The Kier molecular flexibility index (Phi) is 6.44. The number of hydrogen-bond donors (Lipinski definition) is 1. The number of hydrogen-bond acceptors (Lipinski definition) is 8. The molecular weight excluding hydrogens is 429 g/mol. The first-order valence-electron chi connectivity index (χ1n) is 9.53. The largest absolute Gasteiger partial charge is 0.376 e. The summed E-state index contributed by atoms with van der Waals surface area (Å²) in [4.78, 5) is 22.5. The van der Waals surface area contributed by atoms with Crippen LogP contribution in [0.3, 0.4) is 0 Å². The van der Waals surface area contributed by atoms with Crippen LogP contribution < -0.4 is 5.32 Å². The molecule has 0 radical (unpaired) electrons. The zero-order valence-electron chi connectivity index (χ0n) is 16.6. The molecule has 0 bridgehead atoms. The van der Waals surface area contributed by atoms with E-state index in [-0.39, 0.29) is 29.2 Å². The highest BCUT2D eigenvalue weighted by Crippen LogP contribution is 2.16. The van der Waals surface area contributed by atoms with Crippen LogP contribution in [0, 0.1) is 12.7 Å². The van der Waals surface area contributed by atoms with Crippen LogP contribution in [0.1, 0.15) is 21.9 Å². The average molecular weight is 448 g/mol. The van der Waals surface area contributed by atoms with E-state index in [0.717, 1.165) is 0 Å². The molecule has 1 saturated heterocycles. The smallest absolute Gasteiger partial charge is 0.270 e. The first kappa shape index (κ1) is 21.2. The van der Waals surface area contributed by atoms with Gasteiger partial charge in [0.2, 0.25) is 5.82 Å². The molecule has 1 amide bonds. The van der Waals surface area contributed by atoms with Crippen molar-refractivity contribution in [2.45, 2.75) is 26.1 Å². The summed E-state index contributed by atoms with van der Waals surface area (Å²) in [6.07, 6.45) is -0.149. The fourth-order valence-corrected chi connectivity index (χ4v) is 3.17. The van der Waals surface area contributed by atoms with Gasteiger partial charge in [0.05, 0.1) is 31.4 Å². The van der Waals surface area contributed by atoms with Gasteiger partial charge in [0.15, 0.2) is 0 Å². The molecule has 1 aliphatic rings. The number of benzene rings is 1. The maximum Gasteiger partial charge on any atom is 0.270 e. The lowest BCUT2D eigenvalue weighted by Gasteiger charge is -2.21. The van der Waals surface area contributed by atoms with Crippen molar-refractivity contribution >= 4 is 17.5 Å². The second kappa shape index (κ2) is 9.41. The number of amides is 1. The van der Waals surface area contributed by atoms with Gasteiger partial charge < -0.3 is 14.8 Å². The lowest BCUT2D eigenvalue weighted by Crippen LogP contribution is -2.33. The van der Waals surface area contributed by atoms with Gasteiger partial charge >= 0.3 is 0 Å². The Morgan fingerprint density at radius 1 is 1.32 bits per heavy atom. The second-order valence-electron chi connectivity index (χ2n) is 6.85. The van der Waals surface area contributed by atoms with E-state index < -0.39 is 11.7 Å². The maximum atomic E-state index is 13.3. The molecule has 10 nitrogen and oxygen atoms in total. The fourth-order valence-electron chi connectivity index (χ4n) is 2.97. The molecule has 12 heteroatoms. The van der Waals surface area contributed by atoms with Crippen LogP contribution in [-0.4, -0.2) is 62.0 Å². The van der Waals surface area contributed by atoms with Crippen molar-refractivity contribution in [3.63, 3.8) is 0 Å². The van der Waals surface area contributed by atoms with E-state index in [4.69, 9.17) is 21.1 Å². The van der Waals surface area contributed by atoms with E-state index >= 15 is 0 Å². The summed E-state index contributed by atoms with van der Waals surface area (Å²) in [6.45, 7) is 3.79. The van der Waals surface area contributed by atoms with Crippen molar-refractivity contribution in [3.05, 3.63) is 52.2 Å². The zero-order valence-corrected chi connectivity index (χ0v) is 17.3. The van der Waals surface area contributed by atoms with Gasteiger partial charge in [0, 0.05) is 6.54 Å². The number of tetrazole rings is 1. The number of aromatic nitrogens is 6. The molecule has 1 N–H and O–H groups in total. The molecule has 1 atom stereocenters. The van der Waals surface area contributed by atoms with Crippen LogP contribution in [0.5, 0.6) is 0 Å². The molecule has 0 aliphatic carbocycles. The van der Waals surface area contributed by atoms with E-state index in [9.17, 15) is 9.18 Å². The average Bonchev–Trinajstić information content (AvgIpc) is 3.23. The lowest BCUT2D eigenvalue weighted by atomic mass is 10.2. The third-order valence-corrected chi connectivity index (χ3v) is 4.73. The van der Waals surface area contributed by atoms with E-state index in [1.807, 2.05) is 0 Å². The van der Waals surface area contributed by atoms with Crippen LogP contribution in [0.4, 0.5) is 4.39 Å². The Balaban J connectivity index is 1.45. The first-order chi connectivity index (χ1) is 15.0. The Morgan fingerprint density at radius 3 is 2.97 bits per heavy atom. The molecule has 4 rings (SSSR count). The van der Waals surface area contributed by atoms with Gasteiger partial charge in [0.25, 0.3) is 5.91 Å². The van der Waals surface area contributed by atoms with Crippen molar-refractivity contribution in [2.75, 3.05) is 19.8 Å². The standard InChI is InChI=1S/C19H19ClFN7O3/c1-11-23-16(18-25-27-28(26-18)9-13-10-30-4-5-31-13)7-17(24-11)19(29)22-8-12-2-3-15(21)14(20)6-12/h2-3,6-7,13H,4-5,8-10H2,1H3,(H,22,29)/t13-/m0/s1. The van der Waals surface area contributed by atoms with Crippen molar-refractivity contribution in [1.82, 2.24) is 35.5 Å². The quantitative estimate of drug-likeness (QED) is 0.605. The minimum atomic E-state index is -0.518. The molecule has 2 aromatic heterocycles. The van der Waals surface area contributed by atoms with Gasteiger partial charge in [-0.3, -0.25) is 4.79 Å². The molecule has 1 fully saturated rings. The summed E-state index contributed by atoms with van der Waals surface area (Å²) in [5.74, 6) is -0.294. The number of aryl methyl sites for hydroxylation is 1. The number of nitrogens with one attached hydrogen (secondary N) is 1. The molecular formula is C19H19ClFN7O3. The van der Waals surface area contributed by atoms with Crippen LogP contribution in [0.2, 0.25) is 5.02 Å². The van der Waals surface area contributed by atoms with Crippen molar-refractivity contribution < 1.29 is 18.7 Å². The summed E-state index contributed by atoms with van der Waals surface area (Å²) in [5.41, 5.74) is 1.18. The van der Waals surface area contributed by atoms with Gasteiger partial charge in [-0.25, -0.2) is 14.4 Å². The molecule has 1 aliphatic heterocycles. The van der Waals surface area contributed by atoms with E-state index in [1.54, 1.807) is 13.0 Å². The Labute approximate surface area is 181 Å². The Hall–Kier alpha value is -3.02. The summed E-state index contributed by atoms with van der Waals surface area (Å²) in [5, 5.41) is 15.1. The van der Waals surface area contributed by atoms with Gasteiger partial charge in [-0.1, -0.05) is 17.7 Å². The third-order valence-electron chi connectivity index (χ3n) is 4.44. The summed E-state index contributed by atoms with van der Waals surface area (Å²) >= 11 is 5.77.